The molecule has 0 aromatic carbocycles. The first-order valence-corrected chi connectivity index (χ1v) is 9.50. The van der Waals surface area contributed by atoms with E-state index in [4.69, 9.17) is 4.74 Å². The second-order valence-corrected chi connectivity index (χ2v) is 7.25. The van der Waals surface area contributed by atoms with Crippen LogP contribution in [-0.2, 0) is 4.79 Å². The summed E-state index contributed by atoms with van der Waals surface area (Å²) in [5.74, 6) is 1.16. The molecule has 1 fully saturated rings. The molecular weight excluding hydrogens is 370 g/mol. The smallest absolute Gasteiger partial charge is 0.228 e. The number of amides is 1. The number of anilines is 1. The van der Waals surface area contributed by atoms with Gasteiger partial charge in [-0.2, -0.15) is 15.1 Å². The maximum atomic E-state index is 11.7. The molecule has 0 spiro atoms. The van der Waals surface area contributed by atoms with Gasteiger partial charge in [-0.1, -0.05) is 0 Å². The summed E-state index contributed by atoms with van der Waals surface area (Å²) in [6.45, 7) is 0.629. The van der Waals surface area contributed by atoms with E-state index in [-0.39, 0.29) is 11.9 Å². The van der Waals surface area contributed by atoms with E-state index in [1.54, 1.807) is 18.2 Å². The van der Waals surface area contributed by atoms with Gasteiger partial charge < -0.3 is 19.9 Å². The average molecular weight is 391 g/mol. The van der Waals surface area contributed by atoms with E-state index in [9.17, 15) is 4.79 Å². The van der Waals surface area contributed by atoms with E-state index in [1.807, 2.05) is 36.1 Å². The minimum Gasteiger partial charge on any atom is -0.480 e. The number of pyridine rings is 1. The van der Waals surface area contributed by atoms with E-state index in [0.717, 1.165) is 28.5 Å². The number of rotatable bonds is 4. The molecule has 0 aliphatic carbocycles. The lowest BCUT2D eigenvalue weighted by Gasteiger charge is -2.30. The van der Waals surface area contributed by atoms with Crippen LogP contribution in [-0.4, -0.2) is 62.1 Å². The lowest BCUT2D eigenvalue weighted by molar-refractivity contribution is -0.132. The molecule has 1 saturated heterocycles. The number of aromatic nitrogens is 5. The number of likely N-dealkylation sites (tertiary alicyclic amines) is 1. The van der Waals surface area contributed by atoms with Gasteiger partial charge in [-0.3, -0.25) is 4.79 Å². The van der Waals surface area contributed by atoms with Crippen LogP contribution in [0.3, 0.4) is 0 Å². The van der Waals surface area contributed by atoms with Crippen molar-refractivity contribution >= 4 is 28.4 Å². The molecule has 2 N–H and O–H groups in total. The van der Waals surface area contributed by atoms with Gasteiger partial charge in [-0.05, 0) is 30.2 Å². The van der Waals surface area contributed by atoms with E-state index in [2.05, 4.69) is 31.4 Å². The van der Waals surface area contributed by atoms with Crippen LogP contribution in [0.25, 0.3) is 27.7 Å². The summed E-state index contributed by atoms with van der Waals surface area (Å²) in [5, 5.41) is 8.41. The topological polar surface area (TPSA) is 100 Å². The Morgan fingerprint density at radius 3 is 3.03 bits per heavy atom. The zero-order valence-corrected chi connectivity index (χ0v) is 16.2. The van der Waals surface area contributed by atoms with Crippen molar-refractivity contribution in [1.29, 1.82) is 0 Å². The number of likely N-dealkylation sites (N-methyl/N-ethyl adjacent to an activating group) is 1. The van der Waals surface area contributed by atoms with Crippen molar-refractivity contribution in [3.05, 3.63) is 36.8 Å². The number of nitrogens with zero attached hydrogens (tertiary/aromatic N) is 5. The fourth-order valence-electron chi connectivity index (χ4n) is 3.84. The second-order valence-electron chi connectivity index (χ2n) is 7.25. The van der Waals surface area contributed by atoms with Gasteiger partial charge in [0.2, 0.25) is 17.7 Å². The van der Waals surface area contributed by atoms with Gasteiger partial charge in [0.15, 0.2) is 0 Å². The fraction of sp³-hybridized carbons (Fsp3) is 0.300. The highest BCUT2D eigenvalue weighted by atomic mass is 16.5. The molecule has 1 aliphatic rings. The SMILES string of the molecule is COc1nc(N[C@H]2CCC(=O)N(C)C2)nc2[nH]cc(-c3ccn4nccc4c3)c12. The van der Waals surface area contributed by atoms with Crippen LogP contribution in [0.15, 0.2) is 36.8 Å². The number of hydrogen-bond donors (Lipinski definition) is 2. The molecule has 1 amide bonds. The summed E-state index contributed by atoms with van der Waals surface area (Å²) in [5.41, 5.74) is 3.70. The van der Waals surface area contributed by atoms with Crippen LogP contribution < -0.4 is 10.1 Å². The minimum atomic E-state index is 0.110. The summed E-state index contributed by atoms with van der Waals surface area (Å²) >= 11 is 0. The number of hydrogen-bond acceptors (Lipinski definition) is 6. The third-order valence-corrected chi connectivity index (χ3v) is 5.36. The predicted octanol–water partition coefficient (Wildman–Crippen LogP) is 2.31. The van der Waals surface area contributed by atoms with Crippen molar-refractivity contribution in [2.24, 2.45) is 0 Å². The molecule has 0 saturated carbocycles. The van der Waals surface area contributed by atoms with Crippen LogP contribution in [0, 0.1) is 0 Å². The predicted molar refractivity (Wildman–Crippen MR) is 109 cm³/mol. The molecule has 9 heteroatoms. The molecule has 0 radical (unpaired) electrons. The Morgan fingerprint density at radius 1 is 1.31 bits per heavy atom. The van der Waals surface area contributed by atoms with E-state index < -0.39 is 0 Å². The Bertz CT molecular complexity index is 1210. The number of ether oxygens (including phenoxy) is 1. The van der Waals surface area contributed by atoms with Gasteiger partial charge >= 0.3 is 0 Å². The van der Waals surface area contributed by atoms with Crippen LogP contribution in [0.1, 0.15) is 12.8 Å². The standard InChI is InChI=1S/C20H21N7O2/c1-26-11-13(3-4-16(26)28)23-20-24-18-17(19(25-20)29-2)15(10-21-18)12-6-8-27-14(9-12)5-7-22-27/h5-10,13H,3-4,11H2,1-2H3,(H2,21,23,24,25)/t13-/m0/s1. The quantitative estimate of drug-likeness (QED) is 0.554. The molecule has 148 valence electrons. The monoisotopic (exact) mass is 391 g/mol. The van der Waals surface area contributed by atoms with Gasteiger partial charge in [0.25, 0.3) is 0 Å². The zero-order valence-electron chi connectivity index (χ0n) is 16.2. The molecule has 9 nitrogen and oxygen atoms in total. The Kier molecular flexibility index (Phi) is 4.08. The van der Waals surface area contributed by atoms with E-state index in [1.165, 1.54) is 0 Å². The molecule has 0 unspecified atom stereocenters. The van der Waals surface area contributed by atoms with Crippen LogP contribution >= 0.6 is 0 Å². The van der Waals surface area contributed by atoms with Crippen LogP contribution in [0.5, 0.6) is 5.88 Å². The number of carbonyl (C=O) groups is 1. The summed E-state index contributed by atoms with van der Waals surface area (Å²) in [6.07, 6.45) is 6.90. The first kappa shape index (κ1) is 17.5. The highest BCUT2D eigenvalue weighted by Crippen LogP contribution is 2.34. The maximum Gasteiger partial charge on any atom is 0.228 e. The van der Waals surface area contributed by atoms with Crippen LogP contribution in [0.2, 0.25) is 0 Å². The highest BCUT2D eigenvalue weighted by molar-refractivity contribution is 5.98. The lowest BCUT2D eigenvalue weighted by atomic mass is 10.1. The maximum absolute atomic E-state index is 11.7. The molecule has 4 aromatic heterocycles. The highest BCUT2D eigenvalue weighted by Gasteiger charge is 2.24. The Hall–Kier alpha value is -3.62. The molecule has 5 heterocycles. The fourth-order valence-corrected chi connectivity index (χ4v) is 3.84. The number of nitrogens with one attached hydrogen (secondary N) is 2. The number of carbonyl (C=O) groups excluding carboxylic acids is 1. The van der Waals surface area contributed by atoms with Crippen molar-refractivity contribution in [2.45, 2.75) is 18.9 Å². The summed E-state index contributed by atoms with van der Waals surface area (Å²) in [4.78, 5) is 25.9. The largest absolute Gasteiger partial charge is 0.480 e. The average Bonchev–Trinajstić information content (AvgIpc) is 3.36. The molecular formula is C20H21N7O2. The third kappa shape index (κ3) is 3.04. The molecule has 5 rings (SSSR count). The van der Waals surface area contributed by atoms with Crippen LogP contribution in [0.4, 0.5) is 5.95 Å². The normalized spacial score (nSPS) is 17.2. The summed E-state index contributed by atoms with van der Waals surface area (Å²) < 4.78 is 7.41. The Morgan fingerprint density at radius 2 is 2.21 bits per heavy atom. The lowest BCUT2D eigenvalue weighted by Crippen LogP contribution is -2.43. The summed E-state index contributed by atoms with van der Waals surface area (Å²) in [7, 11) is 3.42. The molecule has 29 heavy (non-hydrogen) atoms. The number of fused-ring (bicyclic) bond motifs is 2. The van der Waals surface area contributed by atoms with Gasteiger partial charge in [0, 0.05) is 50.2 Å². The third-order valence-electron chi connectivity index (χ3n) is 5.36. The zero-order chi connectivity index (χ0) is 20.0. The van der Waals surface area contributed by atoms with Gasteiger partial charge in [-0.25, -0.2) is 4.52 Å². The van der Waals surface area contributed by atoms with E-state index in [0.29, 0.717) is 30.4 Å². The van der Waals surface area contributed by atoms with Crippen molar-refractivity contribution in [1.82, 2.24) is 29.5 Å². The van der Waals surface area contributed by atoms with Crippen molar-refractivity contribution < 1.29 is 9.53 Å². The van der Waals surface area contributed by atoms with Crippen molar-refractivity contribution in [2.75, 3.05) is 26.0 Å². The second kappa shape index (κ2) is 6.77. The molecule has 0 bridgehead atoms. The summed E-state index contributed by atoms with van der Waals surface area (Å²) in [6, 6.07) is 6.14. The molecule has 1 atom stereocenters. The number of methoxy groups -OCH3 is 1. The first-order valence-electron chi connectivity index (χ1n) is 9.50. The minimum absolute atomic E-state index is 0.110. The van der Waals surface area contributed by atoms with Crippen molar-refractivity contribution in [3.8, 4) is 17.0 Å². The Labute approximate surface area is 166 Å². The van der Waals surface area contributed by atoms with E-state index >= 15 is 0 Å². The van der Waals surface area contributed by atoms with Gasteiger partial charge in [0.05, 0.1) is 18.0 Å². The first-order chi connectivity index (χ1) is 14.1. The molecule has 4 aromatic rings. The number of piperidine rings is 1. The van der Waals surface area contributed by atoms with Gasteiger partial charge in [0.1, 0.15) is 5.65 Å². The molecule has 1 aliphatic heterocycles. The Balaban J connectivity index is 1.51. The number of aromatic amines is 1. The van der Waals surface area contributed by atoms with Gasteiger partial charge in [-0.15, -0.1) is 0 Å². The van der Waals surface area contributed by atoms with Crippen molar-refractivity contribution in [3.63, 3.8) is 0 Å². The number of H-pyrrole nitrogens is 1.